The minimum atomic E-state index is -4.75. The fourth-order valence-electron chi connectivity index (χ4n) is 3.26. The van der Waals surface area contributed by atoms with Crippen molar-refractivity contribution >= 4 is 48.9 Å². The molecule has 0 fully saturated rings. The molecular formula is C28H33N3O6S2. The number of sulfonamides is 2. The summed E-state index contributed by atoms with van der Waals surface area (Å²) in [7, 11) is -9.49. The Morgan fingerprint density at radius 3 is 1.44 bits per heavy atom. The van der Waals surface area contributed by atoms with Crippen LogP contribution in [0, 0.1) is 10.8 Å². The summed E-state index contributed by atoms with van der Waals surface area (Å²) < 4.78 is 56.4. The zero-order valence-electron chi connectivity index (χ0n) is 22.7. The number of rotatable bonds is 7. The Morgan fingerprint density at radius 2 is 1.03 bits per heavy atom. The molecule has 0 bridgehead atoms. The molecule has 2 N–H and O–H groups in total. The number of benzene rings is 3. The smallest absolute Gasteiger partial charge is 0.277 e. The summed E-state index contributed by atoms with van der Waals surface area (Å²) in [5.74, 6) is -0.840. The lowest BCUT2D eigenvalue weighted by molar-refractivity contribution is -0.123. The monoisotopic (exact) mass is 571 g/mol. The molecule has 0 unspecified atom stereocenters. The average Bonchev–Trinajstić information content (AvgIpc) is 2.85. The fourth-order valence-corrected chi connectivity index (χ4v) is 7.01. The zero-order valence-corrected chi connectivity index (χ0v) is 24.4. The molecule has 0 saturated carbocycles. The first kappa shape index (κ1) is 29.9. The third kappa shape index (κ3) is 6.66. The van der Waals surface area contributed by atoms with Crippen LogP contribution in [0.15, 0.2) is 88.7 Å². The highest BCUT2D eigenvalue weighted by molar-refractivity contribution is 8.10. The maximum absolute atomic E-state index is 14.0. The second kappa shape index (κ2) is 10.8. The first-order chi connectivity index (χ1) is 18.0. The molecule has 208 valence electrons. The molecule has 2 amide bonds. The molecule has 39 heavy (non-hydrogen) atoms. The van der Waals surface area contributed by atoms with Gasteiger partial charge in [-0.25, -0.2) is 16.8 Å². The van der Waals surface area contributed by atoms with Crippen LogP contribution in [0.1, 0.15) is 41.5 Å². The lowest BCUT2D eigenvalue weighted by Crippen LogP contribution is -2.38. The molecule has 0 aliphatic carbocycles. The Balaban J connectivity index is 2.36. The van der Waals surface area contributed by atoms with Gasteiger partial charge in [-0.2, -0.15) is 3.71 Å². The van der Waals surface area contributed by atoms with Crippen molar-refractivity contribution < 1.29 is 26.4 Å². The van der Waals surface area contributed by atoms with Gasteiger partial charge in [0.25, 0.3) is 20.0 Å². The van der Waals surface area contributed by atoms with E-state index in [0.29, 0.717) is 3.71 Å². The zero-order chi connectivity index (χ0) is 29.2. The van der Waals surface area contributed by atoms with Crippen LogP contribution in [0.4, 0.5) is 17.1 Å². The third-order valence-corrected chi connectivity index (χ3v) is 9.76. The fraction of sp³-hybridized carbons (Fsp3) is 0.286. The van der Waals surface area contributed by atoms with Gasteiger partial charge < -0.3 is 10.6 Å². The van der Waals surface area contributed by atoms with Gasteiger partial charge in [-0.05, 0) is 42.5 Å². The molecule has 3 rings (SSSR count). The van der Waals surface area contributed by atoms with Crippen LogP contribution in [0.3, 0.4) is 0 Å². The summed E-state index contributed by atoms with van der Waals surface area (Å²) in [4.78, 5) is 25.1. The van der Waals surface area contributed by atoms with E-state index in [1.807, 2.05) is 0 Å². The standard InChI is InChI=1S/C28H33N3O6S2/c1-27(2,3)25(32)29-20-17-18-23(30-26(33)28(4,5)6)24(19-20)31(38(34,35)21-13-9-7-10-14-21)39(36,37)22-15-11-8-12-16-22/h7-19H,1-6H3,(H,29,32)(H,30,33). The first-order valence-corrected chi connectivity index (χ1v) is 15.0. The number of nitrogens with zero attached hydrogens (tertiary/aromatic N) is 1. The van der Waals surface area contributed by atoms with Crippen molar-refractivity contribution in [1.82, 2.24) is 0 Å². The molecule has 0 heterocycles. The number of carbonyl (C=O) groups is 2. The Kier molecular flexibility index (Phi) is 8.28. The maximum atomic E-state index is 14.0. The van der Waals surface area contributed by atoms with Gasteiger partial charge in [-0.15, -0.1) is 0 Å². The van der Waals surface area contributed by atoms with Crippen molar-refractivity contribution in [2.45, 2.75) is 51.3 Å². The molecule has 0 atom stereocenters. The van der Waals surface area contributed by atoms with E-state index in [9.17, 15) is 26.4 Å². The lowest BCUT2D eigenvalue weighted by atomic mass is 9.95. The van der Waals surface area contributed by atoms with E-state index < -0.39 is 36.8 Å². The predicted octanol–water partition coefficient (Wildman–Crippen LogP) is 5.24. The highest BCUT2D eigenvalue weighted by atomic mass is 32.3. The van der Waals surface area contributed by atoms with E-state index in [1.165, 1.54) is 66.7 Å². The molecule has 3 aromatic rings. The molecule has 0 saturated heterocycles. The van der Waals surface area contributed by atoms with E-state index >= 15 is 0 Å². The van der Waals surface area contributed by atoms with Crippen molar-refractivity contribution in [3.05, 3.63) is 78.9 Å². The Hall–Kier alpha value is -3.70. The van der Waals surface area contributed by atoms with Crippen LogP contribution in [0.2, 0.25) is 0 Å². The molecule has 0 aromatic heterocycles. The molecule has 3 aromatic carbocycles. The summed E-state index contributed by atoms with van der Waals surface area (Å²) in [6, 6.07) is 18.3. The van der Waals surface area contributed by atoms with E-state index in [0.717, 1.165) is 0 Å². The Labute approximate surface area is 230 Å². The summed E-state index contributed by atoms with van der Waals surface area (Å²) >= 11 is 0. The van der Waals surface area contributed by atoms with Crippen LogP contribution in [0.5, 0.6) is 0 Å². The molecule has 0 aliphatic rings. The van der Waals surface area contributed by atoms with E-state index in [-0.39, 0.29) is 32.8 Å². The van der Waals surface area contributed by atoms with Gasteiger partial charge in [0.2, 0.25) is 11.8 Å². The van der Waals surface area contributed by atoms with Gasteiger partial charge in [0.15, 0.2) is 0 Å². The van der Waals surface area contributed by atoms with Gasteiger partial charge in [0.05, 0.1) is 21.2 Å². The van der Waals surface area contributed by atoms with E-state index in [1.54, 1.807) is 53.7 Å². The number of hydrogen-bond donors (Lipinski definition) is 2. The first-order valence-electron chi connectivity index (χ1n) is 12.1. The number of hydrogen-bond acceptors (Lipinski definition) is 6. The van der Waals surface area contributed by atoms with E-state index in [4.69, 9.17) is 0 Å². The minimum absolute atomic E-state index is 0.0669. The molecule has 11 heteroatoms. The van der Waals surface area contributed by atoms with Crippen LogP contribution in [-0.4, -0.2) is 28.6 Å². The van der Waals surface area contributed by atoms with Crippen molar-refractivity contribution in [3.63, 3.8) is 0 Å². The van der Waals surface area contributed by atoms with Gasteiger partial charge in [-0.1, -0.05) is 77.9 Å². The summed E-state index contributed by atoms with van der Waals surface area (Å²) in [6.45, 7) is 10.1. The third-order valence-electron chi connectivity index (χ3n) is 5.58. The van der Waals surface area contributed by atoms with Crippen molar-refractivity contribution in [1.29, 1.82) is 0 Å². The summed E-state index contributed by atoms with van der Waals surface area (Å²) in [5, 5.41) is 5.37. The van der Waals surface area contributed by atoms with E-state index in [2.05, 4.69) is 10.6 Å². The molecule has 0 aliphatic heterocycles. The largest absolute Gasteiger partial charge is 0.326 e. The van der Waals surface area contributed by atoms with Crippen molar-refractivity contribution in [2.24, 2.45) is 10.8 Å². The maximum Gasteiger partial charge on any atom is 0.277 e. The number of anilines is 3. The van der Waals surface area contributed by atoms with Crippen LogP contribution in [-0.2, 0) is 29.6 Å². The Bertz CT molecular complexity index is 1500. The molecule has 0 spiro atoms. The topological polar surface area (TPSA) is 130 Å². The molecular weight excluding hydrogens is 538 g/mol. The second-order valence-electron chi connectivity index (χ2n) is 11.0. The number of nitrogens with one attached hydrogen (secondary N) is 2. The highest BCUT2D eigenvalue weighted by Crippen LogP contribution is 2.38. The minimum Gasteiger partial charge on any atom is -0.326 e. The number of carbonyl (C=O) groups excluding carboxylic acids is 2. The van der Waals surface area contributed by atoms with Gasteiger partial charge in [-0.3, -0.25) is 9.59 Å². The normalized spacial score (nSPS) is 12.5. The van der Waals surface area contributed by atoms with Crippen LogP contribution >= 0.6 is 0 Å². The summed E-state index contributed by atoms with van der Waals surface area (Å²) in [6.07, 6.45) is 0. The predicted molar refractivity (Wildman–Crippen MR) is 152 cm³/mol. The van der Waals surface area contributed by atoms with Crippen LogP contribution in [0.25, 0.3) is 0 Å². The molecule has 0 radical (unpaired) electrons. The average molecular weight is 572 g/mol. The van der Waals surface area contributed by atoms with Crippen LogP contribution < -0.4 is 14.3 Å². The second-order valence-corrected chi connectivity index (χ2v) is 14.8. The lowest BCUT2D eigenvalue weighted by Gasteiger charge is -2.28. The van der Waals surface area contributed by atoms with Gasteiger partial charge in [0.1, 0.15) is 0 Å². The molecule has 9 nitrogen and oxygen atoms in total. The highest BCUT2D eigenvalue weighted by Gasteiger charge is 2.39. The quantitative estimate of drug-likeness (QED) is 0.399. The SMILES string of the molecule is CC(C)(C)C(=O)Nc1ccc(NC(=O)C(C)(C)C)c(N(S(=O)(=O)c2ccccc2)S(=O)(=O)c2ccccc2)c1. The van der Waals surface area contributed by atoms with Crippen molar-refractivity contribution in [3.8, 4) is 0 Å². The summed E-state index contributed by atoms with van der Waals surface area (Å²) in [5.41, 5.74) is -1.94. The Morgan fingerprint density at radius 1 is 0.615 bits per heavy atom. The van der Waals surface area contributed by atoms with Gasteiger partial charge in [0, 0.05) is 16.5 Å². The number of amides is 2. The van der Waals surface area contributed by atoms with Gasteiger partial charge >= 0.3 is 0 Å². The van der Waals surface area contributed by atoms with Crippen molar-refractivity contribution in [2.75, 3.05) is 14.3 Å².